The van der Waals surface area contributed by atoms with E-state index in [1.807, 2.05) is 0 Å². The summed E-state index contributed by atoms with van der Waals surface area (Å²) >= 11 is 3.79. The molecule has 0 heterocycles. The molecule has 0 aliphatic rings. The van der Waals surface area contributed by atoms with Gasteiger partial charge in [0.05, 0.1) is 11.3 Å². The molecule has 4 nitrogen and oxygen atoms in total. The van der Waals surface area contributed by atoms with Crippen molar-refractivity contribution >= 4 is 29.1 Å². The number of thiol groups is 1. The van der Waals surface area contributed by atoms with Crippen LogP contribution < -0.4 is 16.2 Å². The Kier molecular flexibility index (Phi) is 3.43. The quantitative estimate of drug-likeness (QED) is 0.585. The largest absolute Gasteiger partial charge is 0.454 e. The maximum atomic E-state index is 11.4. The molecule has 0 radical (unpaired) electrons. The zero-order chi connectivity index (χ0) is 13.1. The summed E-state index contributed by atoms with van der Waals surface area (Å²) in [5.74, 6) is 0.812. The molecule has 2 aromatic rings. The van der Waals surface area contributed by atoms with Crippen molar-refractivity contribution in [3.8, 4) is 11.5 Å². The van der Waals surface area contributed by atoms with Gasteiger partial charge in [-0.05, 0) is 24.3 Å². The minimum Gasteiger partial charge on any atom is -0.454 e. The first kappa shape index (κ1) is 12.3. The molecule has 0 saturated carbocycles. The molecule has 92 valence electrons. The van der Waals surface area contributed by atoms with Crippen molar-refractivity contribution in [2.75, 3.05) is 11.5 Å². The number of hydrogen-bond acceptors (Lipinski definition) is 4. The molecule has 0 bridgehead atoms. The van der Waals surface area contributed by atoms with Gasteiger partial charge in [-0.1, -0.05) is 12.1 Å². The lowest BCUT2D eigenvalue weighted by molar-refractivity contribution is 0.108. The maximum absolute atomic E-state index is 11.4. The Bertz CT molecular complexity index is 599. The van der Waals surface area contributed by atoms with Crippen molar-refractivity contribution in [3.05, 3.63) is 48.0 Å². The van der Waals surface area contributed by atoms with E-state index in [2.05, 4.69) is 12.6 Å². The molecular formula is C13H12N2O2S. The lowest BCUT2D eigenvalue weighted by atomic mass is 10.2. The van der Waals surface area contributed by atoms with Gasteiger partial charge < -0.3 is 16.2 Å². The standard InChI is InChI=1S/C13H12N2O2S/c14-8-3-1-4-9(7-8)17-12-10(13(16)18)5-2-6-11(12)15/h1-7H,14-15H2,(H,16,18). The molecule has 0 atom stereocenters. The highest BCUT2D eigenvalue weighted by molar-refractivity contribution is 7.97. The Hall–Kier alpha value is -2.14. The van der Waals surface area contributed by atoms with Gasteiger partial charge in [0.2, 0.25) is 5.12 Å². The highest BCUT2D eigenvalue weighted by Gasteiger charge is 2.13. The first-order valence-corrected chi connectivity index (χ1v) is 5.68. The predicted octanol–water partition coefficient (Wildman–Crippen LogP) is 2.71. The number of carbonyl (C=O) groups is 1. The second-order valence-corrected chi connectivity index (χ2v) is 4.11. The highest BCUT2D eigenvalue weighted by Crippen LogP contribution is 2.32. The SMILES string of the molecule is Nc1cccc(Oc2c(N)cccc2C(=O)S)c1. The zero-order valence-electron chi connectivity index (χ0n) is 9.46. The molecule has 0 fully saturated rings. The number of para-hydroxylation sites is 1. The van der Waals surface area contributed by atoms with Crippen LogP contribution >= 0.6 is 12.6 Å². The van der Waals surface area contributed by atoms with Gasteiger partial charge in [-0.3, -0.25) is 4.79 Å². The number of hydrogen-bond donors (Lipinski definition) is 3. The fourth-order valence-corrected chi connectivity index (χ4v) is 1.71. The van der Waals surface area contributed by atoms with Crippen molar-refractivity contribution in [2.45, 2.75) is 0 Å². The number of nitrogens with two attached hydrogens (primary N) is 2. The van der Waals surface area contributed by atoms with Gasteiger partial charge >= 0.3 is 0 Å². The summed E-state index contributed by atoms with van der Waals surface area (Å²) in [7, 11) is 0. The molecule has 0 aliphatic carbocycles. The second kappa shape index (κ2) is 5.01. The average molecular weight is 260 g/mol. The lowest BCUT2D eigenvalue weighted by Crippen LogP contribution is -1.99. The summed E-state index contributed by atoms with van der Waals surface area (Å²) < 4.78 is 5.61. The Balaban J connectivity index is 2.42. The van der Waals surface area contributed by atoms with Crippen LogP contribution in [0.1, 0.15) is 10.4 Å². The van der Waals surface area contributed by atoms with E-state index in [-0.39, 0.29) is 0 Å². The summed E-state index contributed by atoms with van der Waals surface area (Å²) in [5.41, 5.74) is 12.7. The predicted molar refractivity (Wildman–Crippen MR) is 75.1 cm³/mol. The fraction of sp³-hybridized carbons (Fsp3) is 0. The fourth-order valence-electron chi connectivity index (χ4n) is 1.53. The van der Waals surface area contributed by atoms with E-state index in [0.29, 0.717) is 28.4 Å². The molecule has 0 spiro atoms. The summed E-state index contributed by atoms with van der Waals surface area (Å²) in [6.45, 7) is 0. The van der Waals surface area contributed by atoms with Crippen LogP contribution in [0.5, 0.6) is 11.5 Å². The smallest absolute Gasteiger partial charge is 0.220 e. The summed E-state index contributed by atoms with van der Waals surface area (Å²) in [4.78, 5) is 11.4. The number of benzene rings is 2. The summed E-state index contributed by atoms with van der Waals surface area (Å²) in [6, 6.07) is 11.8. The van der Waals surface area contributed by atoms with Crippen LogP contribution in [-0.2, 0) is 0 Å². The van der Waals surface area contributed by atoms with E-state index in [9.17, 15) is 4.79 Å². The molecule has 0 aromatic heterocycles. The Labute approximate surface area is 110 Å². The van der Waals surface area contributed by atoms with Crippen LogP contribution in [0, 0.1) is 0 Å². The molecule has 0 unspecified atom stereocenters. The number of carbonyl (C=O) groups excluding carboxylic acids is 1. The number of rotatable bonds is 3. The molecular weight excluding hydrogens is 248 g/mol. The van der Waals surface area contributed by atoms with Gasteiger partial charge in [-0.15, -0.1) is 12.6 Å². The van der Waals surface area contributed by atoms with Gasteiger partial charge in [-0.25, -0.2) is 0 Å². The average Bonchev–Trinajstić information content (AvgIpc) is 2.31. The maximum Gasteiger partial charge on any atom is 0.220 e. The van der Waals surface area contributed by atoms with Crippen LogP contribution in [0.2, 0.25) is 0 Å². The molecule has 0 amide bonds. The second-order valence-electron chi connectivity index (χ2n) is 3.70. The Morgan fingerprint density at radius 3 is 2.50 bits per heavy atom. The van der Waals surface area contributed by atoms with Gasteiger partial charge in [-0.2, -0.15) is 0 Å². The van der Waals surface area contributed by atoms with Gasteiger partial charge in [0.1, 0.15) is 5.75 Å². The number of anilines is 2. The zero-order valence-corrected chi connectivity index (χ0v) is 10.4. The topological polar surface area (TPSA) is 78.3 Å². The number of ether oxygens (including phenoxy) is 1. The van der Waals surface area contributed by atoms with E-state index >= 15 is 0 Å². The lowest BCUT2D eigenvalue weighted by Gasteiger charge is -2.11. The minimum absolute atomic E-state index is 0.295. The summed E-state index contributed by atoms with van der Waals surface area (Å²) in [5, 5.41) is -0.402. The third-order valence-corrected chi connectivity index (χ3v) is 2.59. The number of nitrogen functional groups attached to an aromatic ring is 2. The molecule has 0 saturated heterocycles. The highest BCUT2D eigenvalue weighted by atomic mass is 32.1. The van der Waals surface area contributed by atoms with Gasteiger partial charge in [0, 0.05) is 11.8 Å². The molecule has 4 N–H and O–H groups in total. The first-order valence-electron chi connectivity index (χ1n) is 5.23. The van der Waals surface area contributed by atoms with Crippen molar-refractivity contribution in [1.29, 1.82) is 0 Å². The third-order valence-electron chi connectivity index (χ3n) is 2.35. The Morgan fingerprint density at radius 2 is 1.83 bits per heavy atom. The van der Waals surface area contributed by atoms with Crippen molar-refractivity contribution in [2.24, 2.45) is 0 Å². The monoisotopic (exact) mass is 260 g/mol. The van der Waals surface area contributed by atoms with Crippen LogP contribution in [0.4, 0.5) is 11.4 Å². The molecule has 5 heteroatoms. The minimum atomic E-state index is -0.402. The molecule has 2 rings (SSSR count). The van der Waals surface area contributed by atoms with Crippen molar-refractivity contribution in [3.63, 3.8) is 0 Å². The Morgan fingerprint density at radius 1 is 1.11 bits per heavy atom. The van der Waals surface area contributed by atoms with Gasteiger partial charge in [0.15, 0.2) is 5.75 Å². The van der Waals surface area contributed by atoms with Crippen LogP contribution in [0.25, 0.3) is 0 Å². The van der Waals surface area contributed by atoms with E-state index in [4.69, 9.17) is 16.2 Å². The van der Waals surface area contributed by atoms with E-state index in [1.54, 1.807) is 42.5 Å². The van der Waals surface area contributed by atoms with Crippen molar-refractivity contribution in [1.82, 2.24) is 0 Å². The van der Waals surface area contributed by atoms with Crippen molar-refractivity contribution < 1.29 is 9.53 Å². The normalized spacial score (nSPS) is 10.1. The van der Waals surface area contributed by atoms with E-state index < -0.39 is 5.12 Å². The molecule has 0 aliphatic heterocycles. The van der Waals surface area contributed by atoms with Crippen LogP contribution in [-0.4, -0.2) is 5.12 Å². The van der Waals surface area contributed by atoms with E-state index in [0.717, 1.165) is 0 Å². The summed E-state index contributed by atoms with van der Waals surface area (Å²) in [6.07, 6.45) is 0. The van der Waals surface area contributed by atoms with Gasteiger partial charge in [0.25, 0.3) is 0 Å². The van der Waals surface area contributed by atoms with Crippen LogP contribution in [0.3, 0.4) is 0 Å². The molecule has 18 heavy (non-hydrogen) atoms. The van der Waals surface area contributed by atoms with E-state index in [1.165, 1.54) is 0 Å². The van der Waals surface area contributed by atoms with Crippen LogP contribution in [0.15, 0.2) is 42.5 Å². The first-order chi connectivity index (χ1) is 8.58. The third kappa shape index (κ3) is 2.57. The molecule has 2 aromatic carbocycles.